The first-order chi connectivity index (χ1) is 8.25. The Hall–Kier alpha value is 0.0600. The summed E-state index contributed by atoms with van der Waals surface area (Å²) in [6, 6.07) is 2.19. The van der Waals surface area contributed by atoms with E-state index in [1.54, 1.807) is 0 Å². The number of halogens is 1. The normalized spacial score (nSPS) is 17.5. The maximum absolute atomic E-state index is 3.60. The summed E-state index contributed by atoms with van der Waals surface area (Å²) in [7, 11) is 0. The molecule has 1 fully saturated rings. The second kappa shape index (κ2) is 6.85. The number of rotatable bonds is 5. The molecule has 1 aliphatic rings. The van der Waals surface area contributed by atoms with Gasteiger partial charge < -0.3 is 10.6 Å². The lowest BCUT2D eigenvalue weighted by atomic mass is 10.3. The molecule has 2 rings (SSSR count). The highest BCUT2D eigenvalue weighted by Gasteiger charge is 2.08. The third-order valence-corrected chi connectivity index (χ3v) is 5.00. The van der Waals surface area contributed by atoms with Gasteiger partial charge in [0.1, 0.15) is 0 Å². The number of hydrogen-bond acceptors (Lipinski definition) is 4. The Morgan fingerprint density at radius 2 is 2.24 bits per heavy atom. The lowest BCUT2D eigenvalue weighted by molar-refractivity contribution is 0.241. The fourth-order valence-corrected chi connectivity index (χ4v) is 3.80. The van der Waals surface area contributed by atoms with Crippen LogP contribution in [0.15, 0.2) is 10.5 Å². The molecule has 1 saturated heterocycles. The molecule has 0 aliphatic carbocycles. The fraction of sp³-hybridized carbons (Fsp3) is 0.667. The van der Waals surface area contributed by atoms with Crippen molar-refractivity contribution in [2.75, 3.05) is 39.3 Å². The van der Waals surface area contributed by atoms with Crippen molar-refractivity contribution in [2.24, 2.45) is 0 Å². The van der Waals surface area contributed by atoms with Crippen molar-refractivity contribution in [3.05, 3.63) is 20.3 Å². The van der Waals surface area contributed by atoms with Crippen LogP contribution in [0.25, 0.3) is 0 Å². The number of thiophene rings is 1. The van der Waals surface area contributed by atoms with Crippen LogP contribution < -0.4 is 10.6 Å². The van der Waals surface area contributed by atoms with Gasteiger partial charge in [-0.15, -0.1) is 11.3 Å². The van der Waals surface area contributed by atoms with Crippen LogP contribution in [0.2, 0.25) is 0 Å². The van der Waals surface area contributed by atoms with Crippen molar-refractivity contribution in [3.63, 3.8) is 0 Å². The smallest absolute Gasteiger partial charge is 0.0330 e. The molecule has 0 aromatic carbocycles. The molecule has 0 amide bonds. The summed E-state index contributed by atoms with van der Waals surface area (Å²) in [6.45, 7) is 10.00. The second-order valence-electron chi connectivity index (χ2n) is 4.40. The molecule has 96 valence electrons. The SMILES string of the molecule is Cc1cc(Br)c(CNCCN2CCNCC2)s1. The molecule has 2 heterocycles. The summed E-state index contributed by atoms with van der Waals surface area (Å²) in [6.07, 6.45) is 0. The van der Waals surface area contributed by atoms with Crippen LogP contribution in [0.1, 0.15) is 9.75 Å². The lowest BCUT2D eigenvalue weighted by Crippen LogP contribution is -2.45. The van der Waals surface area contributed by atoms with E-state index in [1.165, 1.54) is 27.3 Å². The fourth-order valence-electron chi connectivity index (χ4n) is 2.03. The number of aryl methyl sites for hydroxylation is 1. The standard InChI is InChI=1S/C12H20BrN3S/c1-10-8-11(13)12(17-10)9-15-4-7-16-5-2-14-3-6-16/h8,14-15H,2-7,9H2,1H3. The van der Waals surface area contributed by atoms with Crippen LogP contribution in [0.4, 0.5) is 0 Å². The van der Waals surface area contributed by atoms with Crippen LogP contribution in [-0.4, -0.2) is 44.2 Å². The Bertz CT molecular complexity index is 348. The summed E-state index contributed by atoms with van der Waals surface area (Å²) in [5, 5.41) is 6.90. The molecular weight excluding hydrogens is 298 g/mol. The molecule has 0 atom stereocenters. The van der Waals surface area contributed by atoms with Crippen LogP contribution in [-0.2, 0) is 6.54 Å². The maximum Gasteiger partial charge on any atom is 0.0330 e. The van der Waals surface area contributed by atoms with Crippen molar-refractivity contribution in [3.8, 4) is 0 Å². The second-order valence-corrected chi connectivity index (χ2v) is 6.59. The van der Waals surface area contributed by atoms with E-state index in [-0.39, 0.29) is 0 Å². The highest BCUT2D eigenvalue weighted by Crippen LogP contribution is 2.26. The molecule has 1 aromatic heterocycles. The predicted molar refractivity (Wildman–Crippen MR) is 77.8 cm³/mol. The molecule has 5 heteroatoms. The minimum Gasteiger partial charge on any atom is -0.314 e. The average molecular weight is 318 g/mol. The molecule has 1 aromatic rings. The molecule has 0 unspecified atom stereocenters. The number of nitrogens with zero attached hydrogens (tertiary/aromatic N) is 1. The summed E-state index contributed by atoms with van der Waals surface area (Å²) in [5.41, 5.74) is 0. The van der Waals surface area contributed by atoms with Crippen LogP contribution in [0, 0.1) is 6.92 Å². The van der Waals surface area contributed by atoms with Crippen molar-refractivity contribution in [1.82, 2.24) is 15.5 Å². The average Bonchev–Trinajstić information content (AvgIpc) is 2.65. The van der Waals surface area contributed by atoms with Gasteiger partial charge in [0.15, 0.2) is 0 Å². The third-order valence-electron chi connectivity index (χ3n) is 2.98. The number of nitrogens with one attached hydrogen (secondary N) is 2. The van der Waals surface area contributed by atoms with E-state index in [0.717, 1.165) is 32.7 Å². The largest absolute Gasteiger partial charge is 0.314 e. The van der Waals surface area contributed by atoms with E-state index in [4.69, 9.17) is 0 Å². The molecule has 2 N–H and O–H groups in total. The zero-order chi connectivity index (χ0) is 12.1. The Kier molecular flexibility index (Phi) is 5.44. The Morgan fingerprint density at radius 3 is 2.88 bits per heavy atom. The third kappa shape index (κ3) is 4.34. The van der Waals surface area contributed by atoms with E-state index < -0.39 is 0 Å². The first kappa shape index (κ1) is 13.5. The van der Waals surface area contributed by atoms with E-state index in [1.807, 2.05) is 11.3 Å². The summed E-state index contributed by atoms with van der Waals surface area (Å²) in [4.78, 5) is 5.29. The molecule has 0 spiro atoms. The van der Waals surface area contributed by atoms with Gasteiger partial charge >= 0.3 is 0 Å². The monoisotopic (exact) mass is 317 g/mol. The van der Waals surface area contributed by atoms with Crippen LogP contribution in [0.5, 0.6) is 0 Å². The molecule has 0 saturated carbocycles. The summed E-state index contributed by atoms with van der Waals surface area (Å²) >= 11 is 5.46. The van der Waals surface area contributed by atoms with E-state index in [0.29, 0.717) is 0 Å². The number of hydrogen-bond donors (Lipinski definition) is 2. The Morgan fingerprint density at radius 1 is 1.47 bits per heavy atom. The van der Waals surface area contributed by atoms with Gasteiger partial charge in [-0.05, 0) is 28.9 Å². The molecule has 0 bridgehead atoms. The van der Waals surface area contributed by atoms with Gasteiger partial charge in [-0.1, -0.05) is 0 Å². The van der Waals surface area contributed by atoms with E-state index in [9.17, 15) is 0 Å². The highest BCUT2D eigenvalue weighted by atomic mass is 79.9. The first-order valence-corrected chi connectivity index (χ1v) is 7.75. The van der Waals surface area contributed by atoms with Gasteiger partial charge in [0.25, 0.3) is 0 Å². The van der Waals surface area contributed by atoms with Gasteiger partial charge in [0, 0.05) is 60.0 Å². The quantitative estimate of drug-likeness (QED) is 0.811. The van der Waals surface area contributed by atoms with Gasteiger partial charge in [-0.25, -0.2) is 0 Å². The zero-order valence-corrected chi connectivity index (χ0v) is 12.7. The Labute approximate surface area is 116 Å². The summed E-state index contributed by atoms with van der Waals surface area (Å²) < 4.78 is 1.25. The van der Waals surface area contributed by atoms with Gasteiger partial charge in [0.2, 0.25) is 0 Å². The van der Waals surface area contributed by atoms with Gasteiger partial charge in [0.05, 0.1) is 0 Å². The van der Waals surface area contributed by atoms with Crippen LogP contribution in [0.3, 0.4) is 0 Å². The van der Waals surface area contributed by atoms with Gasteiger partial charge in [-0.2, -0.15) is 0 Å². The minimum atomic E-state index is 0.977. The maximum atomic E-state index is 3.60. The van der Waals surface area contributed by atoms with Crippen molar-refractivity contribution >= 4 is 27.3 Å². The van der Waals surface area contributed by atoms with E-state index in [2.05, 4.69) is 44.5 Å². The molecule has 0 radical (unpaired) electrons. The predicted octanol–water partition coefficient (Wildman–Crippen LogP) is 1.81. The highest BCUT2D eigenvalue weighted by molar-refractivity contribution is 9.10. The first-order valence-electron chi connectivity index (χ1n) is 6.14. The minimum absolute atomic E-state index is 0.977. The van der Waals surface area contributed by atoms with Crippen molar-refractivity contribution in [1.29, 1.82) is 0 Å². The van der Waals surface area contributed by atoms with Crippen molar-refractivity contribution in [2.45, 2.75) is 13.5 Å². The molecular formula is C12H20BrN3S. The molecule has 1 aliphatic heterocycles. The van der Waals surface area contributed by atoms with Crippen LogP contribution >= 0.6 is 27.3 Å². The lowest BCUT2D eigenvalue weighted by Gasteiger charge is -2.27. The molecule has 3 nitrogen and oxygen atoms in total. The zero-order valence-electron chi connectivity index (χ0n) is 10.3. The molecule has 17 heavy (non-hydrogen) atoms. The van der Waals surface area contributed by atoms with Gasteiger partial charge in [-0.3, -0.25) is 4.90 Å². The van der Waals surface area contributed by atoms with E-state index >= 15 is 0 Å². The summed E-state index contributed by atoms with van der Waals surface area (Å²) in [5.74, 6) is 0. The number of piperazine rings is 1. The Balaban J connectivity index is 1.64. The van der Waals surface area contributed by atoms with Crippen molar-refractivity contribution < 1.29 is 0 Å². The topological polar surface area (TPSA) is 27.3 Å².